The summed E-state index contributed by atoms with van der Waals surface area (Å²) in [4.78, 5) is 23.8. The SMILES string of the molecule is CC(=O)Nc1cccc(NC(=O)CC(c2ccc(C)c(C)c2)C2CC2)c1. The summed E-state index contributed by atoms with van der Waals surface area (Å²) in [5.41, 5.74) is 5.20. The number of carbonyl (C=O) groups excluding carboxylic acids is 2. The molecule has 26 heavy (non-hydrogen) atoms. The Morgan fingerprint density at radius 3 is 2.31 bits per heavy atom. The highest BCUT2D eigenvalue weighted by Crippen LogP contribution is 2.45. The molecule has 2 N–H and O–H groups in total. The molecular weight excluding hydrogens is 324 g/mol. The van der Waals surface area contributed by atoms with Crippen molar-refractivity contribution in [3.05, 3.63) is 59.2 Å². The van der Waals surface area contributed by atoms with Gasteiger partial charge in [-0.3, -0.25) is 9.59 Å². The average molecular weight is 350 g/mol. The van der Waals surface area contributed by atoms with E-state index >= 15 is 0 Å². The number of amides is 2. The van der Waals surface area contributed by atoms with Gasteiger partial charge in [0.25, 0.3) is 0 Å². The van der Waals surface area contributed by atoms with Crippen molar-refractivity contribution in [3.63, 3.8) is 0 Å². The predicted molar refractivity (Wildman–Crippen MR) is 105 cm³/mol. The first kappa shape index (κ1) is 18.2. The molecule has 1 fully saturated rings. The Morgan fingerprint density at radius 2 is 1.69 bits per heavy atom. The molecule has 0 saturated heterocycles. The summed E-state index contributed by atoms with van der Waals surface area (Å²) in [6, 6.07) is 13.8. The summed E-state index contributed by atoms with van der Waals surface area (Å²) >= 11 is 0. The van der Waals surface area contributed by atoms with Gasteiger partial charge in [-0.25, -0.2) is 0 Å². The van der Waals surface area contributed by atoms with Gasteiger partial charge in [0, 0.05) is 24.7 Å². The van der Waals surface area contributed by atoms with Crippen molar-refractivity contribution in [2.24, 2.45) is 5.92 Å². The Hall–Kier alpha value is -2.62. The van der Waals surface area contributed by atoms with Crippen LogP contribution in [-0.4, -0.2) is 11.8 Å². The third-order valence-corrected chi connectivity index (χ3v) is 5.02. The Labute approximate surface area is 155 Å². The molecule has 0 aliphatic heterocycles. The fourth-order valence-corrected chi connectivity index (χ4v) is 3.34. The maximum absolute atomic E-state index is 12.6. The molecule has 2 aromatic rings. The van der Waals surface area contributed by atoms with E-state index in [1.165, 1.54) is 36.5 Å². The van der Waals surface area contributed by atoms with Gasteiger partial charge in [0.05, 0.1) is 0 Å². The molecule has 2 aromatic carbocycles. The average Bonchev–Trinajstić information content (AvgIpc) is 3.40. The molecule has 0 radical (unpaired) electrons. The van der Waals surface area contributed by atoms with Crippen LogP contribution in [0.4, 0.5) is 11.4 Å². The topological polar surface area (TPSA) is 58.2 Å². The zero-order valence-electron chi connectivity index (χ0n) is 15.6. The molecule has 4 heteroatoms. The van der Waals surface area contributed by atoms with Crippen LogP contribution < -0.4 is 10.6 Å². The van der Waals surface area contributed by atoms with E-state index in [1.807, 2.05) is 12.1 Å². The lowest BCUT2D eigenvalue weighted by Crippen LogP contribution is -2.17. The van der Waals surface area contributed by atoms with E-state index in [-0.39, 0.29) is 17.7 Å². The molecule has 4 nitrogen and oxygen atoms in total. The maximum atomic E-state index is 12.6. The standard InChI is InChI=1S/C22H26N2O2/c1-14-7-8-18(11-15(14)2)21(17-9-10-17)13-22(26)24-20-6-4-5-19(12-20)23-16(3)25/h4-8,11-12,17,21H,9-10,13H2,1-3H3,(H,23,25)(H,24,26). The summed E-state index contributed by atoms with van der Waals surface area (Å²) in [5.74, 6) is 0.763. The first-order valence-corrected chi connectivity index (χ1v) is 9.17. The van der Waals surface area contributed by atoms with E-state index in [0.29, 0.717) is 23.7 Å². The molecule has 136 valence electrons. The molecule has 3 rings (SSSR count). The van der Waals surface area contributed by atoms with E-state index in [4.69, 9.17) is 0 Å². The van der Waals surface area contributed by atoms with Gasteiger partial charge in [0.15, 0.2) is 0 Å². The predicted octanol–water partition coefficient (Wildman–Crippen LogP) is 4.78. The lowest BCUT2D eigenvalue weighted by atomic mass is 9.89. The van der Waals surface area contributed by atoms with Crippen molar-refractivity contribution in [1.82, 2.24) is 0 Å². The highest BCUT2D eigenvalue weighted by atomic mass is 16.2. The van der Waals surface area contributed by atoms with Crippen molar-refractivity contribution in [2.75, 3.05) is 10.6 Å². The molecule has 1 aliphatic carbocycles. The molecule has 1 aliphatic rings. The minimum atomic E-state index is -0.128. The number of nitrogens with one attached hydrogen (secondary N) is 2. The summed E-state index contributed by atoms with van der Waals surface area (Å²) in [6.07, 6.45) is 2.88. The molecule has 0 heterocycles. The van der Waals surface area contributed by atoms with Crippen LogP contribution in [-0.2, 0) is 9.59 Å². The van der Waals surface area contributed by atoms with Crippen LogP contribution in [0, 0.1) is 19.8 Å². The lowest BCUT2D eigenvalue weighted by Gasteiger charge is -2.18. The summed E-state index contributed by atoms with van der Waals surface area (Å²) in [5, 5.41) is 5.71. The fourth-order valence-electron chi connectivity index (χ4n) is 3.34. The van der Waals surface area contributed by atoms with E-state index in [9.17, 15) is 9.59 Å². The molecule has 2 amide bonds. The van der Waals surface area contributed by atoms with Crippen LogP contribution in [0.25, 0.3) is 0 Å². The second kappa shape index (κ2) is 7.73. The first-order chi connectivity index (χ1) is 12.4. The second-order valence-corrected chi connectivity index (χ2v) is 7.30. The van der Waals surface area contributed by atoms with Crippen LogP contribution in [0.3, 0.4) is 0 Å². The smallest absolute Gasteiger partial charge is 0.224 e. The molecule has 1 atom stereocenters. The molecule has 0 spiro atoms. The zero-order valence-corrected chi connectivity index (χ0v) is 15.6. The van der Waals surface area contributed by atoms with E-state index in [1.54, 1.807) is 12.1 Å². The van der Waals surface area contributed by atoms with E-state index in [2.05, 4.69) is 42.7 Å². The van der Waals surface area contributed by atoms with Crippen molar-refractivity contribution in [3.8, 4) is 0 Å². The van der Waals surface area contributed by atoms with Crippen molar-refractivity contribution in [1.29, 1.82) is 0 Å². The highest BCUT2D eigenvalue weighted by molar-refractivity contribution is 5.93. The van der Waals surface area contributed by atoms with Gasteiger partial charge < -0.3 is 10.6 Å². The quantitative estimate of drug-likeness (QED) is 0.787. The van der Waals surface area contributed by atoms with Crippen LogP contribution in [0.5, 0.6) is 0 Å². The van der Waals surface area contributed by atoms with Crippen LogP contribution in [0.2, 0.25) is 0 Å². The van der Waals surface area contributed by atoms with Crippen molar-refractivity contribution >= 4 is 23.2 Å². The van der Waals surface area contributed by atoms with E-state index < -0.39 is 0 Å². The summed E-state index contributed by atoms with van der Waals surface area (Å²) in [6.45, 7) is 5.70. The Morgan fingerprint density at radius 1 is 1.00 bits per heavy atom. The largest absolute Gasteiger partial charge is 0.326 e. The Balaban J connectivity index is 1.69. The maximum Gasteiger partial charge on any atom is 0.224 e. The number of aryl methyl sites for hydroxylation is 2. The van der Waals surface area contributed by atoms with Gasteiger partial charge in [-0.15, -0.1) is 0 Å². The summed E-state index contributed by atoms with van der Waals surface area (Å²) < 4.78 is 0. The zero-order chi connectivity index (χ0) is 18.7. The third-order valence-electron chi connectivity index (χ3n) is 5.02. The molecule has 1 unspecified atom stereocenters. The molecule has 0 bridgehead atoms. The normalized spacial score (nSPS) is 14.6. The number of hydrogen-bond donors (Lipinski definition) is 2. The Bertz CT molecular complexity index is 825. The van der Waals surface area contributed by atoms with Crippen LogP contribution in [0.15, 0.2) is 42.5 Å². The van der Waals surface area contributed by atoms with Crippen LogP contribution >= 0.6 is 0 Å². The highest BCUT2D eigenvalue weighted by Gasteiger charge is 2.33. The van der Waals surface area contributed by atoms with Gasteiger partial charge in [0.1, 0.15) is 0 Å². The van der Waals surface area contributed by atoms with Gasteiger partial charge in [0.2, 0.25) is 11.8 Å². The number of hydrogen-bond acceptors (Lipinski definition) is 2. The molecule has 0 aromatic heterocycles. The van der Waals surface area contributed by atoms with Gasteiger partial charge >= 0.3 is 0 Å². The van der Waals surface area contributed by atoms with Gasteiger partial charge in [-0.2, -0.15) is 0 Å². The monoisotopic (exact) mass is 350 g/mol. The van der Waals surface area contributed by atoms with Gasteiger partial charge in [-0.1, -0.05) is 24.3 Å². The van der Waals surface area contributed by atoms with E-state index in [0.717, 1.165) is 0 Å². The Kier molecular flexibility index (Phi) is 5.40. The van der Waals surface area contributed by atoms with Gasteiger partial charge in [-0.05, 0) is 73.4 Å². The van der Waals surface area contributed by atoms with Crippen LogP contribution in [0.1, 0.15) is 48.8 Å². The lowest BCUT2D eigenvalue weighted by molar-refractivity contribution is -0.116. The number of rotatable bonds is 6. The molecular formula is C22H26N2O2. The third kappa shape index (κ3) is 4.72. The minimum Gasteiger partial charge on any atom is -0.326 e. The van der Waals surface area contributed by atoms with Crippen molar-refractivity contribution < 1.29 is 9.59 Å². The second-order valence-electron chi connectivity index (χ2n) is 7.30. The number of anilines is 2. The number of benzene rings is 2. The van der Waals surface area contributed by atoms with Crippen molar-refractivity contribution in [2.45, 2.75) is 46.0 Å². The fraction of sp³-hybridized carbons (Fsp3) is 0.364. The number of carbonyl (C=O) groups is 2. The molecule has 1 saturated carbocycles. The first-order valence-electron chi connectivity index (χ1n) is 9.17. The minimum absolute atomic E-state index is 0.0140. The summed E-state index contributed by atoms with van der Waals surface area (Å²) in [7, 11) is 0.